The first-order chi connectivity index (χ1) is 10.5. The summed E-state index contributed by atoms with van der Waals surface area (Å²) in [5, 5.41) is 7.01. The maximum atomic E-state index is 12.1. The van der Waals surface area contributed by atoms with Crippen molar-refractivity contribution >= 4 is 40.5 Å². The number of hydrogen-bond donors (Lipinski definition) is 2. The standard InChI is InChI=1S/C17H18Cl2N2O/c1-11(2)13-5-3-4-6-15(13)21-17(22)10-20-16-9-12(18)7-8-14(16)19/h3-9,11,20H,10H2,1-2H3,(H,21,22). The summed E-state index contributed by atoms with van der Waals surface area (Å²) in [4.78, 5) is 12.1. The smallest absolute Gasteiger partial charge is 0.243 e. The van der Waals surface area contributed by atoms with E-state index in [1.54, 1.807) is 18.2 Å². The highest BCUT2D eigenvalue weighted by Crippen LogP contribution is 2.26. The lowest BCUT2D eigenvalue weighted by molar-refractivity contribution is -0.114. The highest BCUT2D eigenvalue weighted by molar-refractivity contribution is 6.35. The molecule has 0 aliphatic carbocycles. The first-order valence-electron chi connectivity index (χ1n) is 7.05. The molecule has 1 amide bonds. The monoisotopic (exact) mass is 336 g/mol. The minimum atomic E-state index is -0.135. The van der Waals surface area contributed by atoms with Crippen molar-refractivity contribution in [2.75, 3.05) is 17.2 Å². The number of nitrogens with one attached hydrogen (secondary N) is 2. The average Bonchev–Trinajstić information content (AvgIpc) is 2.48. The summed E-state index contributed by atoms with van der Waals surface area (Å²) in [5.74, 6) is 0.205. The highest BCUT2D eigenvalue weighted by Gasteiger charge is 2.09. The van der Waals surface area contributed by atoms with Gasteiger partial charge in [-0.05, 0) is 35.7 Å². The minimum absolute atomic E-state index is 0.118. The third-order valence-corrected chi connectivity index (χ3v) is 3.79. The number of carbonyl (C=O) groups excluding carboxylic acids is 1. The lowest BCUT2D eigenvalue weighted by atomic mass is 10.0. The van der Waals surface area contributed by atoms with Gasteiger partial charge in [-0.2, -0.15) is 0 Å². The molecule has 22 heavy (non-hydrogen) atoms. The summed E-state index contributed by atoms with van der Waals surface area (Å²) in [5.41, 5.74) is 2.58. The predicted molar refractivity (Wildman–Crippen MR) is 94.1 cm³/mol. The third kappa shape index (κ3) is 4.39. The average molecular weight is 337 g/mol. The van der Waals surface area contributed by atoms with Crippen LogP contribution in [0.25, 0.3) is 0 Å². The van der Waals surface area contributed by atoms with Gasteiger partial charge in [0.25, 0.3) is 0 Å². The molecule has 5 heteroatoms. The normalized spacial score (nSPS) is 10.6. The molecule has 0 aliphatic heterocycles. The molecule has 2 aromatic carbocycles. The number of rotatable bonds is 5. The second kappa shape index (κ2) is 7.52. The van der Waals surface area contributed by atoms with Gasteiger partial charge in [-0.15, -0.1) is 0 Å². The summed E-state index contributed by atoms with van der Waals surface area (Å²) in [6, 6.07) is 12.9. The van der Waals surface area contributed by atoms with Crippen LogP contribution in [-0.2, 0) is 4.79 Å². The predicted octanol–water partition coefficient (Wildman–Crippen LogP) is 5.17. The second-order valence-corrected chi connectivity index (χ2v) is 6.11. The Bertz CT molecular complexity index is 671. The van der Waals surface area contributed by atoms with Gasteiger partial charge in [0.05, 0.1) is 17.3 Å². The van der Waals surface area contributed by atoms with Crippen LogP contribution < -0.4 is 10.6 Å². The van der Waals surface area contributed by atoms with E-state index in [1.807, 2.05) is 24.3 Å². The van der Waals surface area contributed by atoms with Crippen molar-refractivity contribution in [1.82, 2.24) is 0 Å². The van der Waals surface area contributed by atoms with E-state index in [1.165, 1.54) is 0 Å². The molecule has 0 atom stereocenters. The number of anilines is 2. The van der Waals surface area contributed by atoms with Gasteiger partial charge < -0.3 is 10.6 Å². The molecule has 0 bridgehead atoms. The summed E-state index contributed by atoms with van der Waals surface area (Å²) in [6.07, 6.45) is 0. The van der Waals surface area contributed by atoms with Gasteiger partial charge in [0.1, 0.15) is 0 Å². The van der Waals surface area contributed by atoms with Crippen LogP contribution in [0.2, 0.25) is 10.0 Å². The molecule has 2 aromatic rings. The molecule has 0 fully saturated rings. The summed E-state index contributed by atoms with van der Waals surface area (Å²) >= 11 is 12.0. The van der Waals surface area contributed by atoms with Gasteiger partial charge in [0.2, 0.25) is 5.91 Å². The molecule has 0 aromatic heterocycles. The van der Waals surface area contributed by atoms with Crippen LogP contribution in [0.5, 0.6) is 0 Å². The first kappa shape index (κ1) is 16.7. The number of para-hydroxylation sites is 1. The number of halogens is 2. The van der Waals surface area contributed by atoms with Gasteiger partial charge in [-0.3, -0.25) is 4.79 Å². The molecule has 0 spiro atoms. The Morgan fingerprint density at radius 3 is 2.55 bits per heavy atom. The van der Waals surface area contributed by atoms with Crippen LogP contribution >= 0.6 is 23.2 Å². The molecular weight excluding hydrogens is 319 g/mol. The fourth-order valence-electron chi connectivity index (χ4n) is 2.12. The van der Waals surface area contributed by atoms with Crippen LogP contribution in [0.3, 0.4) is 0 Å². The van der Waals surface area contributed by atoms with Gasteiger partial charge >= 0.3 is 0 Å². The largest absolute Gasteiger partial charge is 0.375 e. The Balaban J connectivity index is 2.01. The summed E-state index contributed by atoms with van der Waals surface area (Å²) in [6.45, 7) is 4.30. The zero-order chi connectivity index (χ0) is 16.1. The van der Waals surface area contributed by atoms with E-state index in [0.717, 1.165) is 11.3 Å². The quantitative estimate of drug-likeness (QED) is 0.790. The first-order valence-corrected chi connectivity index (χ1v) is 7.80. The topological polar surface area (TPSA) is 41.1 Å². The molecule has 116 valence electrons. The Labute approximate surface area is 140 Å². The van der Waals surface area contributed by atoms with Gasteiger partial charge in [-0.25, -0.2) is 0 Å². The van der Waals surface area contributed by atoms with Gasteiger partial charge in [-0.1, -0.05) is 55.2 Å². The molecule has 0 aliphatic rings. The van der Waals surface area contributed by atoms with E-state index in [2.05, 4.69) is 24.5 Å². The molecule has 0 saturated heterocycles. The SMILES string of the molecule is CC(C)c1ccccc1NC(=O)CNc1cc(Cl)ccc1Cl. The van der Waals surface area contributed by atoms with Crippen molar-refractivity contribution in [2.45, 2.75) is 19.8 Å². The van der Waals surface area contributed by atoms with Crippen LogP contribution in [0.1, 0.15) is 25.3 Å². The fraction of sp³-hybridized carbons (Fsp3) is 0.235. The van der Waals surface area contributed by atoms with Crippen molar-refractivity contribution in [2.24, 2.45) is 0 Å². The zero-order valence-corrected chi connectivity index (χ0v) is 14.0. The van der Waals surface area contributed by atoms with E-state index < -0.39 is 0 Å². The van der Waals surface area contributed by atoms with Gasteiger partial charge in [0, 0.05) is 10.7 Å². The molecule has 2 N–H and O–H groups in total. The van der Waals surface area contributed by atoms with E-state index in [-0.39, 0.29) is 12.5 Å². The Hall–Kier alpha value is -1.71. The number of carbonyl (C=O) groups is 1. The maximum absolute atomic E-state index is 12.1. The van der Waals surface area contributed by atoms with Crippen molar-refractivity contribution in [3.8, 4) is 0 Å². The third-order valence-electron chi connectivity index (χ3n) is 3.22. The Kier molecular flexibility index (Phi) is 5.69. The molecule has 0 heterocycles. The highest BCUT2D eigenvalue weighted by atomic mass is 35.5. The van der Waals surface area contributed by atoms with E-state index in [9.17, 15) is 4.79 Å². The number of benzene rings is 2. The van der Waals surface area contributed by atoms with E-state index >= 15 is 0 Å². The molecule has 2 rings (SSSR count). The molecule has 0 saturated carbocycles. The molecular formula is C17H18Cl2N2O. The summed E-state index contributed by atoms with van der Waals surface area (Å²) < 4.78 is 0. The molecule has 3 nitrogen and oxygen atoms in total. The van der Waals surface area contributed by atoms with Crippen LogP contribution in [-0.4, -0.2) is 12.5 Å². The van der Waals surface area contributed by atoms with Crippen molar-refractivity contribution in [3.05, 3.63) is 58.1 Å². The number of hydrogen-bond acceptors (Lipinski definition) is 2. The van der Waals surface area contributed by atoms with Gasteiger partial charge in [0.15, 0.2) is 0 Å². The zero-order valence-electron chi connectivity index (χ0n) is 12.5. The maximum Gasteiger partial charge on any atom is 0.243 e. The van der Waals surface area contributed by atoms with Crippen molar-refractivity contribution in [3.63, 3.8) is 0 Å². The molecule has 0 radical (unpaired) electrons. The minimum Gasteiger partial charge on any atom is -0.375 e. The van der Waals surface area contributed by atoms with E-state index in [4.69, 9.17) is 23.2 Å². The van der Waals surface area contributed by atoms with Crippen LogP contribution in [0.4, 0.5) is 11.4 Å². The Morgan fingerprint density at radius 1 is 1.09 bits per heavy atom. The van der Waals surface area contributed by atoms with Crippen molar-refractivity contribution < 1.29 is 4.79 Å². The van der Waals surface area contributed by atoms with E-state index in [0.29, 0.717) is 21.7 Å². The number of amides is 1. The van der Waals surface area contributed by atoms with Crippen LogP contribution in [0, 0.1) is 0 Å². The lowest BCUT2D eigenvalue weighted by Gasteiger charge is -2.14. The lowest BCUT2D eigenvalue weighted by Crippen LogP contribution is -2.22. The van der Waals surface area contributed by atoms with Crippen molar-refractivity contribution in [1.29, 1.82) is 0 Å². The second-order valence-electron chi connectivity index (χ2n) is 5.27. The Morgan fingerprint density at radius 2 is 1.82 bits per heavy atom. The fourth-order valence-corrected chi connectivity index (χ4v) is 2.47. The summed E-state index contributed by atoms with van der Waals surface area (Å²) in [7, 11) is 0. The molecule has 0 unspecified atom stereocenters. The van der Waals surface area contributed by atoms with Crippen LogP contribution in [0.15, 0.2) is 42.5 Å².